The molecule has 1 aromatic carbocycles. The lowest BCUT2D eigenvalue weighted by molar-refractivity contribution is -0.141. The van der Waals surface area contributed by atoms with Crippen LogP contribution in [0.4, 0.5) is 0 Å². The van der Waals surface area contributed by atoms with Crippen LogP contribution in [0.1, 0.15) is 28.8 Å². The fourth-order valence-corrected chi connectivity index (χ4v) is 2.60. The molecular weight excluding hydrogens is 312 g/mol. The lowest BCUT2D eigenvalue weighted by Crippen LogP contribution is -2.45. The number of rotatable bonds is 5. The largest absolute Gasteiger partial charge is 0.506 e. The molecular formula is C14H15ClN2O5. The number of ether oxygens (including phenoxy) is 1. The number of phenols is 1. The summed E-state index contributed by atoms with van der Waals surface area (Å²) < 4.78 is 4.51. The van der Waals surface area contributed by atoms with Gasteiger partial charge < -0.3 is 20.5 Å². The predicted molar refractivity (Wildman–Crippen MR) is 77.2 cm³/mol. The van der Waals surface area contributed by atoms with Crippen LogP contribution in [0.3, 0.4) is 0 Å². The first-order chi connectivity index (χ1) is 10.4. The second kappa shape index (κ2) is 6.23. The van der Waals surface area contributed by atoms with Gasteiger partial charge in [0, 0.05) is 17.5 Å². The standard InChI is InChI=1S/C14H15ClN2O5/c1-22-11(18)5-4-10(13(16)20)17-6-8-7(14(17)21)2-3-9(15)12(8)19/h2-3,10,19H,4-6H2,1H3,(H2,16,20). The van der Waals surface area contributed by atoms with Crippen molar-refractivity contribution in [1.82, 2.24) is 4.90 Å². The number of nitrogens with zero attached hydrogens (tertiary/aromatic N) is 1. The van der Waals surface area contributed by atoms with Gasteiger partial charge in [-0.05, 0) is 18.6 Å². The van der Waals surface area contributed by atoms with Crippen LogP contribution in [-0.4, -0.2) is 40.9 Å². The molecule has 2 rings (SSSR count). The summed E-state index contributed by atoms with van der Waals surface area (Å²) in [4.78, 5) is 36.4. The van der Waals surface area contributed by atoms with E-state index in [1.807, 2.05) is 0 Å². The molecule has 118 valence electrons. The van der Waals surface area contributed by atoms with Crippen LogP contribution in [0, 0.1) is 0 Å². The third-order valence-electron chi connectivity index (χ3n) is 3.61. The zero-order chi connectivity index (χ0) is 16.4. The molecule has 0 aromatic heterocycles. The van der Waals surface area contributed by atoms with Gasteiger partial charge in [0.15, 0.2) is 0 Å². The highest BCUT2D eigenvalue weighted by Gasteiger charge is 2.37. The zero-order valence-corrected chi connectivity index (χ0v) is 12.6. The maximum atomic E-state index is 12.4. The minimum absolute atomic E-state index is 0.00927. The van der Waals surface area contributed by atoms with E-state index < -0.39 is 23.8 Å². The molecule has 1 aromatic rings. The molecule has 1 aliphatic heterocycles. The van der Waals surface area contributed by atoms with E-state index in [1.165, 1.54) is 24.1 Å². The Bertz CT molecular complexity index is 646. The van der Waals surface area contributed by atoms with Gasteiger partial charge in [-0.15, -0.1) is 0 Å². The average Bonchev–Trinajstić information content (AvgIpc) is 2.80. The number of nitrogens with two attached hydrogens (primary N) is 1. The fraction of sp³-hybridized carbons (Fsp3) is 0.357. The lowest BCUT2D eigenvalue weighted by Gasteiger charge is -2.24. The number of amides is 2. The number of halogens is 1. The van der Waals surface area contributed by atoms with Gasteiger partial charge in [0.05, 0.1) is 18.7 Å². The molecule has 0 spiro atoms. The van der Waals surface area contributed by atoms with Crippen LogP contribution in [-0.2, 0) is 20.9 Å². The predicted octanol–water partition coefficient (Wildman–Crippen LogP) is 0.808. The summed E-state index contributed by atoms with van der Waals surface area (Å²) in [7, 11) is 1.23. The Kier molecular flexibility index (Phi) is 4.56. The van der Waals surface area contributed by atoms with Gasteiger partial charge in [-0.1, -0.05) is 11.6 Å². The van der Waals surface area contributed by atoms with Crippen molar-refractivity contribution in [2.45, 2.75) is 25.4 Å². The quantitative estimate of drug-likeness (QED) is 0.778. The molecule has 1 aliphatic rings. The number of hydrogen-bond donors (Lipinski definition) is 2. The van der Waals surface area contributed by atoms with Crippen molar-refractivity contribution in [3.8, 4) is 5.75 Å². The Hall–Kier alpha value is -2.28. The Morgan fingerprint density at radius 2 is 2.18 bits per heavy atom. The van der Waals surface area contributed by atoms with Crippen molar-refractivity contribution < 1.29 is 24.2 Å². The molecule has 2 amide bonds. The van der Waals surface area contributed by atoms with Crippen molar-refractivity contribution in [1.29, 1.82) is 0 Å². The van der Waals surface area contributed by atoms with Gasteiger partial charge in [0.1, 0.15) is 11.8 Å². The van der Waals surface area contributed by atoms with Crippen LogP contribution in [0.2, 0.25) is 5.02 Å². The third-order valence-corrected chi connectivity index (χ3v) is 3.91. The van der Waals surface area contributed by atoms with Crippen molar-refractivity contribution in [2.75, 3.05) is 7.11 Å². The van der Waals surface area contributed by atoms with Gasteiger partial charge in [-0.2, -0.15) is 0 Å². The Labute approximate surface area is 131 Å². The van der Waals surface area contributed by atoms with E-state index in [9.17, 15) is 19.5 Å². The number of phenolic OH excluding ortho intramolecular Hbond substituents is 1. The van der Waals surface area contributed by atoms with Gasteiger partial charge in [-0.25, -0.2) is 0 Å². The molecule has 22 heavy (non-hydrogen) atoms. The van der Waals surface area contributed by atoms with Gasteiger partial charge in [0.2, 0.25) is 5.91 Å². The summed E-state index contributed by atoms with van der Waals surface area (Å²) in [5.74, 6) is -1.85. The minimum Gasteiger partial charge on any atom is -0.506 e. The zero-order valence-electron chi connectivity index (χ0n) is 11.8. The van der Waals surface area contributed by atoms with E-state index in [0.29, 0.717) is 5.56 Å². The maximum absolute atomic E-state index is 12.4. The van der Waals surface area contributed by atoms with E-state index in [0.717, 1.165) is 0 Å². The lowest BCUT2D eigenvalue weighted by atomic mass is 10.1. The fourth-order valence-electron chi connectivity index (χ4n) is 2.43. The van der Waals surface area contributed by atoms with Crippen molar-refractivity contribution >= 4 is 29.4 Å². The summed E-state index contributed by atoms with van der Waals surface area (Å²) in [6.45, 7) is 0.00927. The van der Waals surface area contributed by atoms with Gasteiger partial charge in [0.25, 0.3) is 5.91 Å². The van der Waals surface area contributed by atoms with E-state index in [4.69, 9.17) is 17.3 Å². The molecule has 0 saturated carbocycles. The summed E-state index contributed by atoms with van der Waals surface area (Å²) in [5, 5.41) is 10.1. The second-order valence-electron chi connectivity index (χ2n) is 4.89. The number of carbonyl (C=O) groups excluding carboxylic acids is 3. The molecule has 3 N–H and O–H groups in total. The van der Waals surface area contributed by atoms with Gasteiger partial charge >= 0.3 is 5.97 Å². The molecule has 1 heterocycles. The van der Waals surface area contributed by atoms with Crippen molar-refractivity contribution in [3.63, 3.8) is 0 Å². The van der Waals surface area contributed by atoms with E-state index in [1.54, 1.807) is 0 Å². The van der Waals surface area contributed by atoms with Crippen molar-refractivity contribution in [2.24, 2.45) is 5.73 Å². The first-order valence-electron chi connectivity index (χ1n) is 6.54. The maximum Gasteiger partial charge on any atom is 0.305 e. The van der Waals surface area contributed by atoms with Crippen LogP contribution in [0.15, 0.2) is 12.1 Å². The van der Waals surface area contributed by atoms with E-state index >= 15 is 0 Å². The summed E-state index contributed by atoms with van der Waals surface area (Å²) in [5.41, 5.74) is 5.95. The van der Waals surface area contributed by atoms with Crippen LogP contribution in [0.25, 0.3) is 0 Å². The highest BCUT2D eigenvalue weighted by molar-refractivity contribution is 6.32. The molecule has 8 heteroatoms. The van der Waals surface area contributed by atoms with Gasteiger partial charge in [-0.3, -0.25) is 14.4 Å². The summed E-state index contributed by atoms with van der Waals surface area (Å²) in [6.07, 6.45) is 0.00714. The smallest absolute Gasteiger partial charge is 0.305 e. The van der Waals surface area contributed by atoms with E-state index in [-0.39, 0.29) is 35.7 Å². The number of carbonyl (C=O) groups is 3. The average molecular weight is 327 g/mol. The number of fused-ring (bicyclic) bond motifs is 1. The Morgan fingerprint density at radius 3 is 2.77 bits per heavy atom. The monoisotopic (exact) mass is 326 g/mol. The number of primary amides is 1. The van der Waals surface area contributed by atoms with Crippen LogP contribution < -0.4 is 5.73 Å². The third kappa shape index (κ3) is 2.85. The minimum atomic E-state index is -0.961. The summed E-state index contributed by atoms with van der Waals surface area (Å²) >= 11 is 5.82. The topological polar surface area (TPSA) is 110 Å². The molecule has 0 aliphatic carbocycles. The molecule has 0 bridgehead atoms. The molecule has 0 saturated heterocycles. The molecule has 7 nitrogen and oxygen atoms in total. The number of hydrogen-bond acceptors (Lipinski definition) is 5. The van der Waals surface area contributed by atoms with E-state index in [2.05, 4.69) is 4.74 Å². The first-order valence-corrected chi connectivity index (χ1v) is 6.92. The van der Waals surface area contributed by atoms with Crippen LogP contribution in [0.5, 0.6) is 5.75 Å². The molecule has 0 fully saturated rings. The van der Waals surface area contributed by atoms with Crippen molar-refractivity contribution in [3.05, 3.63) is 28.3 Å². The SMILES string of the molecule is COC(=O)CCC(C(N)=O)N1Cc2c(ccc(Cl)c2O)C1=O. The molecule has 1 unspecified atom stereocenters. The number of benzene rings is 1. The number of methoxy groups -OCH3 is 1. The molecule has 1 atom stereocenters. The first kappa shape index (κ1) is 16.1. The molecule has 0 radical (unpaired) electrons. The summed E-state index contributed by atoms with van der Waals surface area (Å²) in [6, 6.07) is 1.93. The second-order valence-corrected chi connectivity index (χ2v) is 5.30. The highest BCUT2D eigenvalue weighted by Crippen LogP contribution is 2.36. The highest BCUT2D eigenvalue weighted by atomic mass is 35.5. The number of aromatic hydroxyl groups is 1. The normalized spacial score (nSPS) is 14.6. The Morgan fingerprint density at radius 1 is 1.50 bits per heavy atom. The van der Waals surface area contributed by atoms with Crippen LogP contribution >= 0.6 is 11.6 Å². The number of esters is 1. The Balaban J connectivity index is 2.25.